The van der Waals surface area contributed by atoms with E-state index in [2.05, 4.69) is 5.32 Å². The van der Waals surface area contributed by atoms with Crippen molar-refractivity contribution >= 4 is 62.3 Å². The Bertz CT molecular complexity index is 1430. The van der Waals surface area contributed by atoms with Crippen LogP contribution in [0.15, 0.2) is 71.6 Å². The van der Waals surface area contributed by atoms with E-state index in [0.29, 0.717) is 11.4 Å². The molecule has 0 radical (unpaired) electrons. The Balaban J connectivity index is 2.05. The van der Waals surface area contributed by atoms with Crippen LogP contribution >= 0.6 is 34.8 Å². The van der Waals surface area contributed by atoms with Crippen LogP contribution in [-0.2, 0) is 26.2 Å². The summed E-state index contributed by atoms with van der Waals surface area (Å²) in [6, 6.07) is 16.5. The molecule has 0 fully saturated rings. The lowest BCUT2D eigenvalue weighted by molar-refractivity contribution is -0.139. The van der Waals surface area contributed by atoms with Gasteiger partial charge in [-0.05, 0) is 75.2 Å². The fourth-order valence-corrected chi connectivity index (χ4v) is 5.92. The SMILES string of the molecule is CC[C@@H](C)NC(=O)[C@@H](C)N(Cc1ccc(Cl)cc1)C(=O)CN(c1cc(Cl)cc(Cl)c1)S(=O)(=O)c1ccc(C)cc1. The molecule has 0 aliphatic heterocycles. The minimum Gasteiger partial charge on any atom is -0.352 e. The van der Waals surface area contributed by atoms with Gasteiger partial charge in [0.25, 0.3) is 10.0 Å². The Labute approximate surface area is 251 Å². The molecule has 7 nitrogen and oxygen atoms in total. The van der Waals surface area contributed by atoms with Crippen molar-refractivity contribution in [2.75, 3.05) is 10.8 Å². The number of carbonyl (C=O) groups excluding carboxylic acids is 2. The maximum atomic E-state index is 13.9. The van der Waals surface area contributed by atoms with Crippen molar-refractivity contribution in [3.05, 3.63) is 92.9 Å². The largest absolute Gasteiger partial charge is 0.352 e. The smallest absolute Gasteiger partial charge is 0.264 e. The molecule has 0 aliphatic carbocycles. The first-order valence-corrected chi connectivity index (χ1v) is 15.3. The first kappa shape index (κ1) is 31.7. The van der Waals surface area contributed by atoms with Crippen LogP contribution < -0.4 is 9.62 Å². The highest BCUT2D eigenvalue weighted by Gasteiger charge is 2.33. The Morgan fingerprint density at radius 3 is 2.00 bits per heavy atom. The zero-order valence-electron chi connectivity index (χ0n) is 22.7. The van der Waals surface area contributed by atoms with Crippen molar-refractivity contribution in [1.82, 2.24) is 10.2 Å². The van der Waals surface area contributed by atoms with Gasteiger partial charge in [-0.25, -0.2) is 8.42 Å². The molecular formula is C29H32Cl3N3O4S. The number of hydrogen-bond acceptors (Lipinski definition) is 4. The summed E-state index contributed by atoms with van der Waals surface area (Å²) < 4.78 is 28.7. The highest BCUT2D eigenvalue weighted by Crippen LogP contribution is 2.30. The normalized spacial score (nSPS) is 12.9. The molecule has 0 aliphatic rings. The molecule has 0 saturated carbocycles. The number of hydrogen-bond donors (Lipinski definition) is 1. The molecule has 2 amide bonds. The summed E-state index contributed by atoms with van der Waals surface area (Å²) in [5.74, 6) is -0.941. The molecule has 1 N–H and O–H groups in total. The van der Waals surface area contributed by atoms with Crippen molar-refractivity contribution in [3.8, 4) is 0 Å². The van der Waals surface area contributed by atoms with E-state index in [9.17, 15) is 18.0 Å². The van der Waals surface area contributed by atoms with Crippen LogP contribution in [0.3, 0.4) is 0 Å². The van der Waals surface area contributed by atoms with Gasteiger partial charge in [0, 0.05) is 27.7 Å². The number of sulfonamides is 1. The molecule has 2 atom stereocenters. The van der Waals surface area contributed by atoms with Crippen molar-refractivity contribution < 1.29 is 18.0 Å². The average molecular weight is 625 g/mol. The number of aryl methyl sites for hydroxylation is 1. The summed E-state index contributed by atoms with van der Waals surface area (Å²) >= 11 is 18.5. The van der Waals surface area contributed by atoms with Crippen LogP contribution in [0.4, 0.5) is 5.69 Å². The standard InChI is InChI=1S/C29H32Cl3N3O4S/c1-5-20(3)33-29(37)21(4)34(17-22-8-10-23(30)11-9-22)28(36)18-35(26-15-24(31)14-25(32)16-26)40(38,39)27-12-6-19(2)7-13-27/h6-16,20-21H,5,17-18H2,1-4H3,(H,33,37)/t20-,21-/m1/s1. The van der Waals surface area contributed by atoms with Crippen LogP contribution in [0.25, 0.3) is 0 Å². The van der Waals surface area contributed by atoms with Crippen LogP contribution in [-0.4, -0.2) is 43.8 Å². The van der Waals surface area contributed by atoms with Gasteiger partial charge in [0.05, 0.1) is 10.6 Å². The lowest BCUT2D eigenvalue weighted by Gasteiger charge is -2.32. The molecular weight excluding hydrogens is 593 g/mol. The third-order valence-electron chi connectivity index (χ3n) is 6.46. The molecule has 3 aromatic rings. The fourth-order valence-electron chi connectivity index (χ4n) is 3.88. The van der Waals surface area contributed by atoms with Crippen molar-refractivity contribution in [3.63, 3.8) is 0 Å². The monoisotopic (exact) mass is 623 g/mol. The van der Waals surface area contributed by atoms with Gasteiger partial charge in [-0.3, -0.25) is 13.9 Å². The second-order valence-electron chi connectivity index (χ2n) is 9.59. The second-order valence-corrected chi connectivity index (χ2v) is 12.8. The van der Waals surface area contributed by atoms with Crippen molar-refractivity contribution in [2.24, 2.45) is 0 Å². The zero-order valence-corrected chi connectivity index (χ0v) is 25.8. The van der Waals surface area contributed by atoms with E-state index in [-0.39, 0.29) is 39.1 Å². The maximum Gasteiger partial charge on any atom is 0.264 e. The number of benzene rings is 3. The Kier molecular flexibility index (Phi) is 10.9. The molecule has 3 rings (SSSR count). The number of rotatable bonds is 11. The number of anilines is 1. The number of nitrogens with zero attached hydrogens (tertiary/aromatic N) is 2. The Morgan fingerprint density at radius 1 is 0.875 bits per heavy atom. The van der Waals surface area contributed by atoms with Gasteiger partial charge >= 0.3 is 0 Å². The second kappa shape index (κ2) is 13.7. The zero-order chi connectivity index (χ0) is 29.6. The Morgan fingerprint density at radius 2 is 1.45 bits per heavy atom. The summed E-state index contributed by atoms with van der Waals surface area (Å²) in [6.07, 6.45) is 0.710. The molecule has 3 aromatic carbocycles. The molecule has 0 saturated heterocycles. The lowest BCUT2D eigenvalue weighted by atomic mass is 10.1. The maximum absolute atomic E-state index is 13.9. The number of amides is 2. The number of halogens is 3. The van der Waals surface area contributed by atoms with Crippen LogP contribution in [0.1, 0.15) is 38.3 Å². The highest BCUT2D eigenvalue weighted by atomic mass is 35.5. The molecule has 0 bridgehead atoms. The summed E-state index contributed by atoms with van der Waals surface area (Å²) in [5, 5.41) is 3.84. The summed E-state index contributed by atoms with van der Waals surface area (Å²) in [7, 11) is -4.23. The van der Waals surface area contributed by atoms with E-state index in [1.54, 1.807) is 43.3 Å². The highest BCUT2D eigenvalue weighted by molar-refractivity contribution is 7.92. The molecule has 0 spiro atoms. The summed E-state index contributed by atoms with van der Waals surface area (Å²) in [4.78, 5) is 28.4. The molecule has 0 heterocycles. The van der Waals surface area contributed by atoms with Gasteiger partial charge in [-0.1, -0.05) is 71.6 Å². The van der Waals surface area contributed by atoms with Gasteiger partial charge in [-0.2, -0.15) is 0 Å². The first-order valence-electron chi connectivity index (χ1n) is 12.7. The van der Waals surface area contributed by atoms with Gasteiger partial charge in [0.15, 0.2) is 0 Å². The molecule has 214 valence electrons. The quantitative estimate of drug-likeness (QED) is 0.265. The Hall–Kier alpha value is -2.78. The fraction of sp³-hybridized carbons (Fsp3) is 0.310. The van der Waals surface area contributed by atoms with E-state index >= 15 is 0 Å². The van der Waals surface area contributed by atoms with Crippen LogP contribution in [0, 0.1) is 6.92 Å². The van der Waals surface area contributed by atoms with Crippen LogP contribution in [0.5, 0.6) is 0 Å². The van der Waals surface area contributed by atoms with Gasteiger partial charge < -0.3 is 10.2 Å². The first-order chi connectivity index (χ1) is 18.8. The molecule has 0 aromatic heterocycles. The van der Waals surface area contributed by atoms with E-state index in [4.69, 9.17) is 34.8 Å². The van der Waals surface area contributed by atoms with E-state index < -0.39 is 28.5 Å². The van der Waals surface area contributed by atoms with Crippen molar-refractivity contribution in [2.45, 2.75) is 57.6 Å². The van der Waals surface area contributed by atoms with Crippen LogP contribution in [0.2, 0.25) is 15.1 Å². The molecule has 40 heavy (non-hydrogen) atoms. The van der Waals surface area contributed by atoms with Gasteiger partial charge in [0.2, 0.25) is 11.8 Å². The number of nitrogens with one attached hydrogen (secondary N) is 1. The predicted octanol–water partition coefficient (Wildman–Crippen LogP) is 6.48. The molecule has 11 heteroatoms. The van der Waals surface area contributed by atoms with E-state index in [0.717, 1.165) is 15.4 Å². The third-order valence-corrected chi connectivity index (χ3v) is 8.93. The summed E-state index contributed by atoms with van der Waals surface area (Å²) in [5.41, 5.74) is 1.72. The topological polar surface area (TPSA) is 86.8 Å². The predicted molar refractivity (Wildman–Crippen MR) is 162 cm³/mol. The van der Waals surface area contributed by atoms with E-state index in [1.165, 1.54) is 35.2 Å². The third kappa shape index (κ3) is 8.13. The van der Waals surface area contributed by atoms with Gasteiger partial charge in [0.1, 0.15) is 12.6 Å². The lowest BCUT2D eigenvalue weighted by Crippen LogP contribution is -2.52. The summed E-state index contributed by atoms with van der Waals surface area (Å²) in [6.45, 7) is 6.72. The minimum absolute atomic E-state index is 0.00573. The van der Waals surface area contributed by atoms with E-state index in [1.807, 2.05) is 20.8 Å². The number of carbonyl (C=O) groups is 2. The minimum atomic E-state index is -4.23. The molecule has 0 unspecified atom stereocenters. The van der Waals surface area contributed by atoms with Gasteiger partial charge in [-0.15, -0.1) is 0 Å². The average Bonchev–Trinajstić information content (AvgIpc) is 2.90. The van der Waals surface area contributed by atoms with Crippen molar-refractivity contribution in [1.29, 1.82) is 0 Å².